The molecule has 0 unspecified atom stereocenters. The molecular formula is C26H18O3. The summed E-state index contributed by atoms with van der Waals surface area (Å²) < 4.78 is 5.26. The van der Waals surface area contributed by atoms with Gasteiger partial charge in [0.25, 0.3) is 0 Å². The molecule has 3 nitrogen and oxygen atoms in total. The van der Waals surface area contributed by atoms with E-state index in [0.29, 0.717) is 5.56 Å². The number of ketones is 1. The molecule has 0 radical (unpaired) electrons. The summed E-state index contributed by atoms with van der Waals surface area (Å²) >= 11 is 0. The molecule has 140 valence electrons. The Labute approximate surface area is 167 Å². The number of carbonyl (C=O) groups is 2. The number of benzene rings is 5. The number of esters is 1. The number of rotatable bonds is 5. The molecule has 0 heterocycles. The lowest BCUT2D eigenvalue weighted by molar-refractivity contribution is -0.141. The summed E-state index contributed by atoms with van der Waals surface area (Å²) in [5.41, 5.74) is 1.45. The number of hydrogen-bond donors (Lipinski definition) is 0. The maximum Gasteiger partial charge on any atom is 0.310 e. The SMILES string of the molecule is O=C(Cc1ccccc1)OCC(=O)c1ccc2ccc3cccc4ccc1c2c34. The highest BCUT2D eigenvalue weighted by atomic mass is 16.5. The monoisotopic (exact) mass is 378 g/mol. The van der Waals surface area contributed by atoms with Gasteiger partial charge in [-0.15, -0.1) is 0 Å². The van der Waals surface area contributed by atoms with E-state index in [4.69, 9.17) is 4.74 Å². The van der Waals surface area contributed by atoms with E-state index >= 15 is 0 Å². The van der Waals surface area contributed by atoms with Gasteiger partial charge in [0.05, 0.1) is 6.42 Å². The molecule has 5 aromatic carbocycles. The normalized spacial score (nSPS) is 11.3. The first kappa shape index (κ1) is 17.4. The van der Waals surface area contributed by atoms with Crippen LogP contribution in [0.3, 0.4) is 0 Å². The lowest BCUT2D eigenvalue weighted by Crippen LogP contribution is -2.16. The third-order valence-corrected chi connectivity index (χ3v) is 5.38. The van der Waals surface area contributed by atoms with Gasteiger partial charge >= 0.3 is 5.97 Å². The Bertz CT molecular complexity index is 1340. The second-order valence-corrected chi connectivity index (χ2v) is 7.22. The molecule has 0 bridgehead atoms. The summed E-state index contributed by atoms with van der Waals surface area (Å²) in [6.45, 7) is -0.254. The number of hydrogen-bond acceptors (Lipinski definition) is 3. The van der Waals surface area contributed by atoms with Crippen LogP contribution in [0.25, 0.3) is 32.3 Å². The standard InChI is InChI=1S/C26H18O3/c27-23(16-29-24(28)15-17-5-2-1-3-6-17)21-13-11-20-10-9-18-7-4-8-19-12-14-22(21)26(20)25(18)19/h1-14H,15-16H2. The van der Waals surface area contributed by atoms with Gasteiger partial charge in [-0.25, -0.2) is 0 Å². The molecule has 0 aromatic heterocycles. The fraction of sp³-hybridized carbons (Fsp3) is 0.0769. The topological polar surface area (TPSA) is 43.4 Å². The lowest BCUT2D eigenvalue weighted by atomic mass is 9.91. The number of ether oxygens (including phenoxy) is 1. The first-order valence-corrected chi connectivity index (χ1v) is 9.60. The fourth-order valence-electron chi connectivity index (χ4n) is 4.02. The molecule has 0 aliphatic carbocycles. The van der Waals surface area contributed by atoms with Crippen LogP contribution in [-0.4, -0.2) is 18.4 Å². The molecule has 5 aromatic rings. The Balaban J connectivity index is 1.45. The predicted molar refractivity (Wildman–Crippen MR) is 116 cm³/mol. The molecule has 0 saturated heterocycles. The molecule has 0 atom stereocenters. The Morgan fingerprint density at radius 2 is 1.31 bits per heavy atom. The van der Waals surface area contributed by atoms with Crippen LogP contribution < -0.4 is 0 Å². The van der Waals surface area contributed by atoms with Crippen LogP contribution in [0.5, 0.6) is 0 Å². The van der Waals surface area contributed by atoms with Crippen LogP contribution in [0.15, 0.2) is 84.9 Å². The zero-order valence-electron chi connectivity index (χ0n) is 15.7. The van der Waals surface area contributed by atoms with E-state index in [9.17, 15) is 9.59 Å². The van der Waals surface area contributed by atoms with E-state index in [1.165, 1.54) is 5.39 Å². The van der Waals surface area contributed by atoms with Crippen LogP contribution in [-0.2, 0) is 16.0 Å². The van der Waals surface area contributed by atoms with Gasteiger partial charge in [0.15, 0.2) is 6.61 Å². The fourth-order valence-corrected chi connectivity index (χ4v) is 4.02. The van der Waals surface area contributed by atoms with Crippen LogP contribution in [0.2, 0.25) is 0 Å². The summed E-state index contributed by atoms with van der Waals surface area (Å²) in [7, 11) is 0. The van der Waals surface area contributed by atoms with Gasteiger partial charge in [-0.2, -0.15) is 0 Å². The zero-order valence-corrected chi connectivity index (χ0v) is 15.7. The molecule has 0 aliphatic heterocycles. The van der Waals surface area contributed by atoms with Gasteiger partial charge in [0.2, 0.25) is 5.78 Å². The Morgan fingerprint density at radius 3 is 2.07 bits per heavy atom. The van der Waals surface area contributed by atoms with Crippen molar-refractivity contribution in [1.29, 1.82) is 0 Å². The molecule has 0 spiro atoms. The minimum Gasteiger partial charge on any atom is -0.457 e. The van der Waals surface area contributed by atoms with Crippen molar-refractivity contribution < 1.29 is 14.3 Å². The molecule has 0 saturated carbocycles. The molecule has 0 fully saturated rings. The molecule has 0 aliphatic rings. The van der Waals surface area contributed by atoms with E-state index in [-0.39, 0.29) is 18.8 Å². The number of Topliss-reactive ketones (excluding diaryl/α,β-unsaturated/α-hetero) is 1. The molecule has 3 heteroatoms. The Hall–Kier alpha value is -3.72. The van der Waals surface area contributed by atoms with Crippen LogP contribution in [0, 0.1) is 0 Å². The van der Waals surface area contributed by atoms with E-state index in [0.717, 1.165) is 32.5 Å². The Kier molecular flexibility index (Phi) is 4.21. The van der Waals surface area contributed by atoms with E-state index < -0.39 is 5.97 Å². The Morgan fingerprint density at radius 1 is 0.655 bits per heavy atom. The average Bonchev–Trinajstić information content (AvgIpc) is 2.76. The molecule has 0 N–H and O–H groups in total. The van der Waals surface area contributed by atoms with Crippen LogP contribution in [0.1, 0.15) is 15.9 Å². The summed E-state index contributed by atoms with van der Waals surface area (Å²) in [6, 6.07) is 27.6. The van der Waals surface area contributed by atoms with Crippen molar-refractivity contribution in [3.8, 4) is 0 Å². The quantitative estimate of drug-likeness (QED) is 0.229. The van der Waals surface area contributed by atoms with Crippen LogP contribution >= 0.6 is 0 Å². The maximum atomic E-state index is 12.9. The molecule has 5 rings (SSSR count). The van der Waals surface area contributed by atoms with Crippen molar-refractivity contribution >= 4 is 44.1 Å². The third kappa shape index (κ3) is 3.11. The zero-order chi connectivity index (χ0) is 19.8. The second-order valence-electron chi connectivity index (χ2n) is 7.22. The maximum absolute atomic E-state index is 12.9. The van der Waals surface area contributed by atoms with Gasteiger partial charge in [0, 0.05) is 5.56 Å². The van der Waals surface area contributed by atoms with Crippen molar-refractivity contribution in [3.63, 3.8) is 0 Å². The number of carbonyl (C=O) groups excluding carboxylic acids is 2. The van der Waals surface area contributed by atoms with Crippen molar-refractivity contribution in [1.82, 2.24) is 0 Å². The van der Waals surface area contributed by atoms with Gasteiger partial charge in [-0.05, 0) is 37.9 Å². The minimum atomic E-state index is -0.401. The molecular weight excluding hydrogens is 360 g/mol. The summed E-state index contributed by atoms with van der Waals surface area (Å²) in [5.74, 6) is -0.591. The van der Waals surface area contributed by atoms with Gasteiger partial charge < -0.3 is 4.74 Å². The van der Waals surface area contributed by atoms with Gasteiger partial charge in [-0.3, -0.25) is 9.59 Å². The first-order valence-electron chi connectivity index (χ1n) is 9.60. The van der Waals surface area contributed by atoms with Gasteiger partial charge in [-0.1, -0.05) is 84.9 Å². The first-order chi connectivity index (χ1) is 14.2. The van der Waals surface area contributed by atoms with Crippen LogP contribution in [0.4, 0.5) is 0 Å². The van der Waals surface area contributed by atoms with Crippen molar-refractivity contribution in [2.75, 3.05) is 6.61 Å². The van der Waals surface area contributed by atoms with E-state index in [2.05, 4.69) is 24.3 Å². The average molecular weight is 378 g/mol. The lowest BCUT2D eigenvalue weighted by Gasteiger charge is -2.13. The smallest absolute Gasteiger partial charge is 0.310 e. The summed E-state index contributed by atoms with van der Waals surface area (Å²) in [6.07, 6.45) is 0.159. The highest BCUT2D eigenvalue weighted by molar-refractivity contribution is 6.26. The van der Waals surface area contributed by atoms with Crippen molar-refractivity contribution in [2.45, 2.75) is 6.42 Å². The molecule has 0 amide bonds. The van der Waals surface area contributed by atoms with Crippen molar-refractivity contribution in [3.05, 3.63) is 96.1 Å². The van der Waals surface area contributed by atoms with E-state index in [1.807, 2.05) is 60.7 Å². The summed E-state index contributed by atoms with van der Waals surface area (Å²) in [5, 5.41) is 6.55. The highest BCUT2D eigenvalue weighted by Gasteiger charge is 2.16. The minimum absolute atomic E-state index is 0.159. The second kappa shape index (κ2) is 7.02. The third-order valence-electron chi connectivity index (χ3n) is 5.38. The molecule has 29 heavy (non-hydrogen) atoms. The highest BCUT2D eigenvalue weighted by Crippen LogP contribution is 2.35. The van der Waals surface area contributed by atoms with Gasteiger partial charge in [0.1, 0.15) is 0 Å². The predicted octanol–water partition coefficient (Wildman–Crippen LogP) is 5.55. The van der Waals surface area contributed by atoms with E-state index in [1.54, 1.807) is 0 Å². The van der Waals surface area contributed by atoms with Crippen molar-refractivity contribution in [2.24, 2.45) is 0 Å². The summed E-state index contributed by atoms with van der Waals surface area (Å²) in [4.78, 5) is 25.0. The largest absolute Gasteiger partial charge is 0.457 e.